The van der Waals surface area contributed by atoms with Crippen LogP contribution in [0.2, 0.25) is 5.02 Å². The SMILES string of the molecule is Clc1ccccc1-c1nccnn1. The Labute approximate surface area is 80.4 Å². The first-order chi connectivity index (χ1) is 6.38. The fourth-order valence-electron chi connectivity index (χ4n) is 1.01. The summed E-state index contributed by atoms with van der Waals surface area (Å²) in [5, 5.41) is 8.23. The third kappa shape index (κ3) is 1.65. The molecule has 13 heavy (non-hydrogen) atoms. The van der Waals surface area contributed by atoms with Gasteiger partial charge in [-0.1, -0.05) is 23.7 Å². The molecule has 0 aliphatic carbocycles. The molecule has 2 rings (SSSR count). The first kappa shape index (κ1) is 8.13. The van der Waals surface area contributed by atoms with Crippen molar-refractivity contribution in [1.82, 2.24) is 15.2 Å². The lowest BCUT2D eigenvalue weighted by molar-refractivity contribution is 0.980. The number of nitrogens with zero attached hydrogens (tertiary/aromatic N) is 3. The molecular weight excluding hydrogens is 186 g/mol. The van der Waals surface area contributed by atoms with Gasteiger partial charge >= 0.3 is 0 Å². The first-order valence-corrected chi connectivity index (χ1v) is 4.14. The van der Waals surface area contributed by atoms with E-state index in [2.05, 4.69) is 15.2 Å². The largest absolute Gasteiger partial charge is 0.233 e. The Hall–Kier alpha value is -1.48. The van der Waals surface area contributed by atoms with E-state index in [0.29, 0.717) is 10.8 Å². The predicted molar refractivity (Wildman–Crippen MR) is 50.3 cm³/mol. The van der Waals surface area contributed by atoms with Crippen molar-refractivity contribution < 1.29 is 0 Å². The minimum absolute atomic E-state index is 0.549. The summed E-state index contributed by atoms with van der Waals surface area (Å²) >= 11 is 5.95. The van der Waals surface area contributed by atoms with Crippen molar-refractivity contribution in [1.29, 1.82) is 0 Å². The topological polar surface area (TPSA) is 38.7 Å². The van der Waals surface area contributed by atoms with E-state index in [-0.39, 0.29) is 0 Å². The highest BCUT2D eigenvalue weighted by molar-refractivity contribution is 6.33. The molecule has 2 aromatic rings. The highest BCUT2D eigenvalue weighted by Gasteiger charge is 2.03. The third-order valence-electron chi connectivity index (χ3n) is 1.60. The molecule has 0 radical (unpaired) electrons. The summed E-state index contributed by atoms with van der Waals surface area (Å²) < 4.78 is 0. The molecule has 1 aromatic carbocycles. The zero-order chi connectivity index (χ0) is 9.10. The van der Waals surface area contributed by atoms with Gasteiger partial charge in [0.25, 0.3) is 0 Å². The van der Waals surface area contributed by atoms with Gasteiger partial charge in [0.05, 0.1) is 11.2 Å². The van der Waals surface area contributed by atoms with Crippen LogP contribution in [-0.2, 0) is 0 Å². The molecule has 0 aliphatic rings. The summed E-state index contributed by atoms with van der Waals surface area (Å²) in [4.78, 5) is 4.05. The molecule has 0 aliphatic heterocycles. The van der Waals surface area contributed by atoms with Crippen LogP contribution in [-0.4, -0.2) is 15.2 Å². The van der Waals surface area contributed by atoms with Gasteiger partial charge in [0.15, 0.2) is 5.82 Å². The predicted octanol–water partition coefficient (Wildman–Crippen LogP) is 2.19. The maximum absolute atomic E-state index is 5.95. The molecule has 0 spiro atoms. The van der Waals surface area contributed by atoms with Gasteiger partial charge in [0.1, 0.15) is 0 Å². The van der Waals surface area contributed by atoms with Gasteiger partial charge in [-0.05, 0) is 12.1 Å². The van der Waals surface area contributed by atoms with E-state index in [1.807, 2.05) is 18.2 Å². The quantitative estimate of drug-likeness (QED) is 0.694. The fraction of sp³-hybridized carbons (Fsp3) is 0. The number of halogens is 1. The number of hydrogen-bond acceptors (Lipinski definition) is 3. The van der Waals surface area contributed by atoms with Crippen molar-refractivity contribution >= 4 is 11.6 Å². The summed E-state index contributed by atoms with van der Waals surface area (Å²) in [6, 6.07) is 7.41. The van der Waals surface area contributed by atoms with Crippen LogP contribution in [0.25, 0.3) is 11.4 Å². The Balaban J connectivity index is 2.54. The van der Waals surface area contributed by atoms with E-state index >= 15 is 0 Å². The van der Waals surface area contributed by atoms with Gasteiger partial charge in [-0.25, -0.2) is 4.98 Å². The zero-order valence-electron chi connectivity index (χ0n) is 6.68. The minimum atomic E-state index is 0.549. The van der Waals surface area contributed by atoms with E-state index in [1.54, 1.807) is 12.3 Å². The lowest BCUT2D eigenvalue weighted by atomic mass is 10.2. The zero-order valence-corrected chi connectivity index (χ0v) is 7.44. The molecule has 0 atom stereocenters. The molecule has 3 nitrogen and oxygen atoms in total. The van der Waals surface area contributed by atoms with E-state index in [9.17, 15) is 0 Å². The molecule has 4 heteroatoms. The number of hydrogen-bond donors (Lipinski definition) is 0. The Morgan fingerprint density at radius 2 is 1.92 bits per heavy atom. The lowest BCUT2D eigenvalue weighted by Crippen LogP contribution is -1.90. The van der Waals surface area contributed by atoms with E-state index < -0.39 is 0 Å². The van der Waals surface area contributed by atoms with Gasteiger partial charge in [0.2, 0.25) is 0 Å². The van der Waals surface area contributed by atoms with Crippen molar-refractivity contribution in [2.45, 2.75) is 0 Å². The fourth-order valence-corrected chi connectivity index (χ4v) is 1.23. The molecule has 0 bridgehead atoms. The average molecular weight is 192 g/mol. The molecule has 0 amide bonds. The van der Waals surface area contributed by atoms with Crippen molar-refractivity contribution in [3.63, 3.8) is 0 Å². The molecule has 64 valence electrons. The number of benzene rings is 1. The first-order valence-electron chi connectivity index (χ1n) is 3.76. The molecule has 1 heterocycles. The van der Waals surface area contributed by atoms with Crippen LogP contribution >= 0.6 is 11.6 Å². The van der Waals surface area contributed by atoms with Crippen LogP contribution in [0.1, 0.15) is 0 Å². The maximum Gasteiger partial charge on any atom is 0.183 e. The average Bonchev–Trinajstić information content (AvgIpc) is 2.20. The second-order valence-electron chi connectivity index (χ2n) is 2.45. The summed E-state index contributed by atoms with van der Waals surface area (Å²) in [6.07, 6.45) is 3.12. The molecule has 0 saturated heterocycles. The van der Waals surface area contributed by atoms with Crippen LogP contribution in [0, 0.1) is 0 Å². The number of aromatic nitrogens is 3. The Morgan fingerprint density at radius 3 is 2.62 bits per heavy atom. The highest BCUT2D eigenvalue weighted by atomic mass is 35.5. The minimum Gasteiger partial charge on any atom is -0.233 e. The molecule has 0 fully saturated rings. The normalized spacial score (nSPS) is 9.92. The standard InChI is InChI=1S/C9H6ClN3/c10-8-4-2-1-3-7(8)9-11-5-6-12-13-9/h1-6H. The summed E-state index contributed by atoms with van der Waals surface area (Å²) in [5.74, 6) is 0.549. The molecule has 1 aromatic heterocycles. The molecule has 0 unspecified atom stereocenters. The van der Waals surface area contributed by atoms with Gasteiger partial charge in [-0.2, -0.15) is 5.10 Å². The monoisotopic (exact) mass is 191 g/mol. The van der Waals surface area contributed by atoms with Crippen LogP contribution in [0.3, 0.4) is 0 Å². The van der Waals surface area contributed by atoms with Crippen molar-refractivity contribution in [3.8, 4) is 11.4 Å². The third-order valence-corrected chi connectivity index (χ3v) is 1.93. The van der Waals surface area contributed by atoms with Gasteiger partial charge in [-0.15, -0.1) is 5.10 Å². The van der Waals surface area contributed by atoms with Crippen LogP contribution in [0.5, 0.6) is 0 Å². The number of rotatable bonds is 1. The van der Waals surface area contributed by atoms with E-state index in [1.165, 1.54) is 6.20 Å². The van der Waals surface area contributed by atoms with E-state index in [4.69, 9.17) is 11.6 Å². The van der Waals surface area contributed by atoms with Gasteiger partial charge in [0, 0.05) is 11.8 Å². The summed E-state index contributed by atoms with van der Waals surface area (Å²) in [5.41, 5.74) is 0.803. The smallest absolute Gasteiger partial charge is 0.183 e. The maximum atomic E-state index is 5.95. The second kappa shape index (κ2) is 3.49. The van der Waals surface area contributed by atoms with Crippen LogP contribution in [0.4, 0.5) is 0 Å². The molecule has 0 N–H and O–H groups in total. The Kier molecular flexibility index (Phi) is 2.19. The molecular formula is C9H6ClN3. The van der Waals surface area contributed by atoms with E-state index in [0.717, 1.165) is 5.56 Å². The van der Waals surface area contributed by atoms with Crippen LogP contribution in [0.15, 0.2) is 36.7 Å². The highest BCUT2D eigenvalue weighted by Crippen LogP contribution is 2.23. The van der Waals surface area contributed by atoms with Crippen molar-refractivity contribution in [2.75, 3.05) is 0 Å². The Morgan fingerprint density at radius 1 is 1.08 bits per heavy atom. The Bertz CT molecular complexity index is 403. The molecule has 0 saturated carbocycles. The second-order valence-corrected chi connectivity index (χ2v) is 2.85. The summed E-state index contributed by atoms with van der Waals surface area (Å²) in [6.45, 7) is 0. The van der Waals surface area contributed by atoms with Gasteiger partial charge in [-0.3, -0.25) is 0 Å². The summed E-state index contributed by atoms with van der Waals surface area (Å²) in [7, 11) is 0. The van der Waals surface area contributed by atoms with Crippen molar-refractivity contribution in [2.24, 2.45) is 0 Å². The van der Waals surface area contributed by atoms with Gasteiger partial charge < -0.3 is 0 Å². The van der Waals surface area contributed by atoms with Crippen molar-refractivity contribution in [3.05, 3.63) is 41.7 Å². The van der Waals surface area contributed by atoms with Crippen LogP contribution < -0.4 is 0 Å². The lowest BCUT2D eigenvalue weighted by Gasteiger charge is -1.99.